The van der Waals surface area contributed by atoms with Gasteiger partial charge in [-0.15, -0.1) is 11.3 Å². The van der Waals surface area contributed by atoms with E-state index in [2.05, 4.69) is 29.2 Å². The van der Waals surface area contributed by atoms with Crippen LogP contribution in [-0.4, -0.2) is 10.8 Å². The van der Waals surface area contributed by atoms with Crippen LogP contribution in [0, 0.1) is 0 Å². The van der Waals surface area contributed by atoms with E-state index in [0.717, 1.165) is 10.6 Å². The van der Waals surface area contributed by atoms with E-state index in [1.807, 2.05) is 35.7 Å². The van der Waals surface area contributed by atoms with Crippen LogP contribution in [0.15, 0.2) is 60.0 Å². The Morgan fingerprint density at radius 3 is 2.10 bits per heavy atom. The second-order valence-corrected chi connectivity index (χ2v) is 5.40. The third-order valence-corrected chi connectivity index (χ3v) is 4.00. The fraction of sp³-hybridized carbons (Fsp3) is 0.0588. The predicted molar refractivity (Wildman–Crippen MR) is 83.0 cm³/mol. The molecule has 0 aliphatic rings. The Labute approximate surface area is 121 Å². The first-order valence-electron chi connectivity index (χ1n) is 6.36. The van der Waals surface area contributed by atoms with Gasteiger partial charge in [0.05, 0.1) is 0 Å². The Kier molecular flexibility index (Phi) is 3.44. The smallest absolute Gasteiger partial charge is 0.178 e. The molecule has 1 heterocycles. The zero-order valence-corrected chi connectivity index (χ0v) is 11.9. The van der Waals surface area contributed by atoms with Crippen LogP contribution in [0.4, 0.5) is 0 Å². The summed E-state index contributed by atoms with van der Waals surface area (Å²) in [7, 11) is 0. The molecular formula is C17H13NOS. The van der Waals surface area contributed by atoms with Gasteiger partial charge in [0.25, 0.3) is 0 Å². The van der Waals surface area contributed by atoms with Crippen molar-refractivity contribution in [2.75, 3.05) is 0 Å². The number of carbonyl (C=O) groups excluding carboxylic acids is 1. The Morgan fingerprint density at radius 2 is 1.50 bits per heavy atom. The first-order valence-corrected chi connectivity index (χ1v) is 7.24. The summed E-state index contributed by atoms with van der Waals surface area (Å²) >= 11 is 1.50. The van der Waals surface area contributed by atoms with Crippen LogP contribution in [0.2, 0.25) is 0 Å². The van der Waals surface area contributed by atoms with Crippen molar-refractivity contribution in [1.82, 2.24) is 4.98 Å². The van der Waals surface area contributed by atoms with Crippen molar-refractivity contribution in [1.29, 1.82) is 0 Å². The van der Waals surface area contributed by atoms with Crippen LogP contribution in [-0.2, 0) is 0 Å². The van der Waals surface area contributed by atoms with Gasteiger partial charge in [-0.25, -0.2) is 4.98 Å². The highest BCUT2D eigenvalue weighted by Crippen LogP contribution is 2.27. The highest BCUT2D eigenvalue weighted by molar-refractivity contribution is 7.13. The second-order valence-electron chi connectivity index (χ2n) is 4.54. The molecular weight excluding hydrogens is 266 g/mol. The standard InChI is InChI=1S/C17H13NOS/c1-12(19)16-11-20-17(18-16)15-9-7-14(8-10-15)13-5-3-2-4-6-13/h2-11H,1H3. The molecule has 0 aliphatic heterocycles. The molecule has 0 aliphatic carbocycles. The van der Waals surface area contributed by atoms with Gasteiger partial charge in [0, 0.05) is 17.9 Å². The number of benzene rings is 2. The van der Waals surface area contributed by atoms with Crippen LogP contribution in [0.25, 0.3) is 21.7 Å². The van der Waals surface area contributed by atoms with Gasteiger partial charge in [-0.1, -0.05) is 54.6 Å². The van der Waals surface area contributed by atoms with Crippen molar-refractivity contribution in [3.63, 3.8) is 0 Å². The van der Waals surface area contributed by atoms with Crippen molar-refractivity contribution in [2.24, 2.45) is 0 Å². The Bertz CT molecular complexity index is 729. The zero-order chi connectivity index (χ0) is 13.9. The largest absolute Gasteiger partial charge is 0.293 e. The van der Waals surface area contributed by atoms with Gasteiger partial charge in [-0.05, 0) is 11.1 Å². The lowest BCUT2D eigenvalue weighted by molar-refractivity contribution is 0.101. The lowest BCUT2D eigenvalue weighted by atomic mass is 10.0. The van der Waals surface area contributed by atoms with E-state index < -0.39 is 0 Å². The quantitative estimate of drug-likeness (QED) is 0.652. The first-order chi connectivity index (χ1) is 9.74. The van der Waals surface area contributed by atoms with E-state index >= 15 is 0 Å². The van der Waals surface area contributed by atoms with E-state index in [0.29, 0.717) is 5.69 Å². The third kappa shape index (κ3) is 2.53. The topological polar surface area (TPSA) is 30.0 Å². The minimum Gasteiger partial charge on any atom is -0.293 e. The van der Waals surface area contributed by atoms with Crippen molar-refractivity contribution in [3.8, 4) is 21.7 Å². The highest BCUT2D eigenvalue weighted by atomic mass is 32.1. The van der Waals surface area contributed by atoms with Gasteiger partial charge in [-0.3, -0.25) is 4.79 Å². The van der Waals surface area contributed by atoms with Crippen LogP contribution in [0.5, 0.6) is 0 Å². The molecule has 1 aromatic heterocycles. The van der Waals surface area contributed by atoms with Gasteiger partial charge in [0.15, 0.2) is 5.78 Å². The molecule has 0 saturated carbocycles. The van der Waals surface area contributed by atoms with Gasteiger partial charge >= 0.3 is 0 Å². The Morgan fingerprint density at radius 1 is 0.900 bits per heavy atom. The Hall–Kier alpha value is -2.26. The molecule has 0 radical (unpaired) electrons. The summed E-state index contributed by atoms with van der Waals surface area (Å²) in [5.74, 6) is 0.00778. The fourth-order valence-corrected chi connectivity index (χ4v) is 2.87. The summed E-state index contributed by atoms with van der Waals surface area (Å²) < 4.78 is 0. The molecule has 0 fully saturated rings. The number of hydrogen-bond acceptors (Lipinski definition) is 3. The summed E-state index contributed by atoms with van der Waals surface area (Å²) in [5, 5.41) is 2.69. The van der Waals surface area contributed by atoms with Crippen LogP contribution < -0.4 is 0 Å². The fourth-order valence-electron chi connectivity index (χ4n) is 2.00. The number of Topliss-reactive ketones (excluding diaryl/α,β-unsaturated/α-hetero) is 1. The number of thiazole rings is 1. The van der Waals surface area contributed by atoms with Crippen LogP contribution >= 0.6 is 11.3 Å². The summed E-state index contributed by atoms with van der Waals surface area (Å²) in [4.78, 5) is 15.6. The SMILES string of the molecule is CC(=O)c1csc(-c2ccc(-c3ccccc3)cc2)n1. The number of aromatic nitrogens is 1. The lowest BCUT2D eigenvalue weighted by Crippen LogP contribution is -1.91. The van der Waals surface area contributed by atoms with Crippen molar-refractivity contribution >= 4 is 17.1 Å². The van der Waals surface area contributed by atoms with Gasteiger partial charge in [0.1, 0.15) is 10.7 Å². The molecule has 0 spiro atoms. The number of nitrogens with zero attached hydrogens (tertiary/aromatic N) is 1. The normalized spacial score (nSPS) is 10.4. The molecule has 0 bridgehead atoms. The minimum atomic E-state index is 0.00778. The van der Waals surface area contributed by atoms with Crippen molar-refractivity contribution < 1.29 is 4.79 Å². The average molecular weight is 279 g/mol. The molecule has 0 N–H and O–H groups in total. The van der Waals surface area contributed by atoms with Gasteiger partial charge in [-0.2, -0.15) is 0 Å². The predicted octanol–water partition coefficient (Wildman–Crippen LogP) is 4.68. The van der Waals surface area contributed by atoms with E-state index in [4.69, 9.17) is 0 Å². The number of ketones is 1. The monoisotopic (exact) mass is 279 g/mol. The number of hydrogen-bond donors (Lipinski definition) is 0. The molecule has 0 saturated heterocycles. The summed E-state index contributed by atoms with van der Waals surface area (Å²) in [6, 6.07) is 18.5. The highest BCUT2D eigenvalue weighted by Gasteiger charge is 2.08. The Balaban J connectivity index is 1.91. The molecule has 98 valence electrons. The second kappa shape index (κ2) is 5.39. The molecule has 0 amide bonds. The molecule has 3 heteroatoms. The molecule has 0 unspecified atom stereocenters. The van der Waals surface area contributed by atoms with E-state index in [1.54, 1.807) is 0 Å². The molecule has 2 nitrogen and oxygen atoms in total. The number of carbonyl (C=O) groups is 1. The average Bonchev–Trinajstić information content (AvgIpc) is 2.98. The summed E-state index contributed by atoms with van der Waals surface area (Å²) in [6.07, 6.45) is 0. The lowest BCUT2D eigenvalue weighted by Gasteiger charge is -2.02. The summed E-state index contributed by atoms with van der Waals surface area (Å²) in [6.45, 7) is 1.54. The zero-order valence-electron chi connectivity index (χ0n) is 11.0. The first kappa shape index (κ1) is 12.8. The maximum atomic E-state index is 11.3. The van der Waals surface area contributed by atoms with Crippen molar-refractivity contribution in [3.05, 3.63) is 65.7 Å². The van der Waals surface area contributed by atoms with Crippen LogP contribution in [0.3, 0.4) is 0 Å². The molecule has 3 rings (SSSR count). The summed E-state index contributed by atoms with van der Waals surface area (Å²) in [5.41, 5.74) is 3.96. The maximum Gasteiger partial charge on any atom is 0.178 e. The van der Waals surface area contributed by atoms with E-state index in [-0.39, 0.29) is 5.78 Å². The van der Waals surface area contributed by atoms with Gasteiger partial charge < -0.3 is 0 Å². The van der Waals surface area contributed by atoms with Gasteiger partial charge in [0.2, 0.25) is 0 Å². The molecule has 0 atom stereocenters. The van der Waals surface area contributed by atoms with Crippen LogP contribution in [0.1, 0.15) is 17.4 Å². The van der Waals surface area contributed by atoms with Crippen molar-refractivity contribution in [2.45, 2.75) is 6.92 Å². The molecule has 3 aromatic rings. The third-order valence-electron chi connectivity index (χ3n) is 3.10. The van der Waals surface area contributed by atoms with E-state index in [1.165, 1.54) is 29.4 Å². The van der Waals surface area contributed by atoms with E-state index in [9.17, 15) is 4.79 Å². The molecule has 2 aromatic carbocycles. The minimum absolute atomic E-state index is 0.00778. The maximum absolute atomic E-state index is 11.3. The molecule has 20 heavy (non-hydrogen) atoms. The number of rotatable bonds is 3.